The van der Waals surface area contributed by atoms with Gasteiger partial charge in [0.1, 0.15) is 0 Å². The molecule has 2 aromatic carbocycles. The molecule has 0 aliphatic carbocycles. The summed E-state index contributed by atoms with van der Waals surface area (Å²) >= 11 is 1.79. The van der Waals surface area contributed by atoms with E-state index in [4.69, 9.17) is 9.47 Å². The number of carbonyl (C=O) groups is 1. The van der Waals surface area contributed by atoms with Gasteiger partial charge in [0.15, 0.2) is 3.70 Å². The molecule has 0 spiro atoms. The van der Waals surface area contributed by atoms with E-state index < -0.39 is 29.2 Å². The monoisotopic (exact) mass is 616 g/mol. The Labute approximate surface area is 219 Å². The minimum absolute atomic E-state index is 0.192. The van der Waals surface area contributed by atoms with Gasteiger partial charge in [-0.25, -0.2) is 4.79 Å². The van der Waals surface area contributed by atoms with Crippen LogP contribution in [-0.4, -0.2) is 55.7 Å². The molecular formula is C23H24F3IN6O3. The van der Waals surface area contributed by atoms with E-state index in [2.05, 4.69) is 39.7 Å². The number of anilines is 1. The van der Waals surface area contributed by atoms with Gasteiger partial charge in [0.2, 0.25) is 0 Å². The lowest BCUT2D eigenvalue weighted by molar-refractivity contribution is -0.274. The zero-order chi connectivity index (χ0) is 25.9. The van der Waals surface area contributed by atoms with Gasteiger partial charge in [0, 0.05) is 44.5 Å². The molecule has 192 valence electrons. The summed E-state index contributed by atoms with van der Waals surface area (Å²) in [6.07, 6.45) is -5.09. The standard InChI is InChI=1S/C23H24F3IN6O3/c1-16-8-6-7-11-18(16)31-12-14-32(15-13-31)33-29-19(27)20(28-30-33)36-21(34)22(35-2,23(24,25)26)17-9-4-3-5-10-17/h3-11,29H,12-15H2,1-2H3. The maximum Gasteiger partial charge on any atom is 0.432 e. The van der Waals surface area contributed by atoms with E-state index in [1.54, 1.807) is 22.6 Å². The zero-order valence-corrected chi connectivity index (χ0v) is 21.7. The number of nitrogens with zero attached hydrogens (tertiary/aromatic N) is 5. The van der Waals surface area contributed by atoms with Gasteiger partial charge in [0.25, 0.3) is 11.5 Å². The van der Waals surface area contributed by atoms with Crippen molar-refractivity contribution in [1.29, 1.82) is 0 Å². The molecule has 2 aliphatic rings. The fourth-order valence-electron chi connectivity index (χ4n) is 4.07. The Bertz CT molecular complexity index is 1160. The molecule has 1 saturated heterocycles. The topological polar surface area (TPSA) is 82.0 Å². The van der Waals surface area contributed by atoms with Crippen molar-refractivity contribution in [2.75, 3.05) is 38.2 Å². The van der Waals surface area contributed by atoms with Crippen LogP contribution in [0.4, 0.5) is 18.9 Å². The summed E-state index contributed by atoms with van der Waals surface area (Å²) in [6, 6.07) is 14.7. The minimum Gasteiger partial charge on any atom is -0.400 e. The van der Waals surface area contributed by atoms with Crippen LogP contribution in [-0.2, 0) is 19.9 Å². The normalized spacial score (nSPS) is 18.6. The van der Waals surface area contributed by atoms with Crippen LogP contribution in [0.2, 0.25) is 0 Å². The second-order valence-corrected chi connectivity index (χ2v) is 9.15. The first-order valence-electron chi connectivity index (χ1n) is 11.0. The zero-order valence-electron chi connectivity index (χ0n) is 19.5. The lowest BCUT2D eigenvalue weighted by atomic mass is 9.93. The van der Waals surface area contributed by atoms with Gasteiger partial charge < -0.3 is 14.4 Å². The van der Waals surface area contributed by atoms with Gasteiger partial charge >= 0.3 is 12.1 Å². The SMILES string of the molecule is COC(C(=O)OC1=C(I)NN(N2CCN(c3ccccc3C)CC2)N=N1)(c1ccccc1)C(F)(F)F. The number of halogens is 4. The van der Waals surface area contributed by atoms with Crippen LogP contribution in [0.15, 0.2) is 74.5 Å². The molecule has 2 heterocycles. The van der Waals surface area contributed by atoms with Gasteiger partial charge in [-0.3, -0.25) is 5.43 Å². The summed E-state index contributed by atoms with van der Waals surface area (Å²) in [5.41, 5.74) is 1.52. The Balaban J connectivity index is 1.44. The van der Waals surface area contributed by atoms with E-state index in [0.29, 0.717) is 13.1 Å². The number of esters is 1. The number of aryl methyl sites for hydroxylation is 1. The lowest BCUT2D eigenvalue weighted by Gasteiger charge is -2.40. The van der Waals surface area contributed by atoms with Gasteiger partial charge in [-0.1, -0.05) is 53.6 Å². The maximum atomic E-state index is 14.1. The van der Waals surface area contributed by atoms with Crippen molar-refractivity contribution in [2.45, 2.75) is 18.7 Å². The molecule has 2 aliphatic heterocycles. The van der Waals surface area contributed by atoms with Crippen molar-refractivity contribution in [3.05, 3.63) is 75.3 Å². The Kier molecular flexibility index (Phi) is 7.70. The third-order valence-electron chi connectivity index (χ3n) is 5.95. The van der Waals surface area contributed by atoms with Gasteiger partial charge in [-0.05, 0) is 46.4 Å². The number of rotatable bonds is 6. The number of hydrogen-bond acceptors (Lipinski definition) is 9. The predicted octanol–water partition coefficient (Wildman–Crippen LogP) is 4.43. The first kappa shape index (κ1) is 26.2. The molecule has 1 fully saturated rings. The Morgan fingerprint density at radius 1 is 1.03 bits per heavy atom. The highest BCUT2D eigenvalue weighted by Crippen LogP contribution is 2.43. The second kappa shape index (κ2) is 10.6. The van der Waals surface area contributed by atoms with Gasteiger partial charge in [-0.2, -0.15) is 18.2 Å². The number of alkyl halides is 3. The molecular weight excluding hydrogens is 592 g/mol. The lowest BCUT2D eigenvalue weighted by Crippen LogP contribution is -2.56. The van der Waals surface area contributed by atoms with E-state index >= 15 is 0 Å². The molecule has 0 bridgehead atoms. The Hall–Kier alpha value is -2.91. The highest BCUT2D eigenvalue weighted by atomic mass is 127. The molecule has 0 radical (unpaired) electrons. The van der Waals surface area contributed by atoms with E-state index in [1.807, 2.05) is 17.1 Å². The Morgan fingerprint density at radius 3 is 2.25 bits per heavy atom. The number of nitrogens with one attached hydrogen (secondary N) is 1. The van der Waals surface area contributed by atoms with Crippen molar-refractivity contribution in [3.8, 4) is 0 Å². The third-order valence-corrected chi connectivity index (χ3v) is 6.65. The highest BCUT2D eigenvalue weighted by Gasteiger charge is 2.64. The average molecular weight is 616 g/mol. The number of benzene rings is 2. The van der Waals surface area contributed by atoms with Crippen LogP contribution < -0.4 is 10.3 Å². The number of methoxy groups -OCH3 is 1. The summed E-state index contributed by atoms with van der Waals surface area (Å²) in [7, 11) is 0.806. The van der Waals surface area contributed by atoms with Gasteiger partial charge in [-0.15, -0.1) is 5.23 Å². The van der Waals surface area contributed by atoms with Crippen LogP contribution in [0.5, 0.6) is 0 Å². The van der Waals surface area contributed by atoms with Crippen LogP contribution in [0.1, 0.15) is 11.1 Å². The molecule has 2 aromatic rings. The van der Waals surface area contributed by atoms with E-state index in [1.165, 1.54) is 34.7 Å². The highest BCUT2D eigenvalue weighted by molar-refractivity contribution is 14.1. The van der Waals surface area contributed by atoms with Crippen molar-refractivity contribution >= 4 is 34.2 Å². The molecule has 36 heavy (non-hydrogen) atoms. The van der Waals surface area contributed by atoms with Crippen molar-refractivity contribution < 1.29 is 27.4 Å². The second-order valence-electron chi connectivity index (χ2n) is 8.08. The number of ether oxygens (including phenoxy) is 2. The molecule has 13 heteroatoms. The average Bonchev–Trinajstić information content (AvgIpc) is 2.86. The fraction of sp³-hybridized carbons (Fsp3) is 0.348. The summed E-state index contributed by atoms with van der Waals surface area (Å²) in [5.74, 6) is -2.06. The van der Waals surface area contributed by atoms with Crippen LogP contribution >= 0.6 is 22.6 Å². The van der Waals surface area contributed by atoms with Crippen molar-refractivity contribution in [2.24, 2.45) is 10.3 Å². The number of hydrogen-bond donors (Lipinski definition) is 1. The first-order valence-corrected chi connectivity index (χ1v) is 12.1. The summed E-state index contributed by atoms with van der Waals surface area (Å²) in [4.78, 5) is 15.1. The van der Waals surface area contributed by atoms with Crippen LogP contribution in [0.25, 0.3) is 0 Å². The number of para-hydroxylation sites is 1. The van der Waals surface area contributed by atoms with E-state index in [-0.39, 0.29) is 3.70 Å². The third kappa shape index (κ3) is 4.99. The van der Waals surface area contributed by atoms with E-state index in [9.17, 15) is 18.0 Å². The molecule has 0 amide bonds. The minimum atomic E-state index is -5.09. The maximum absolute atomic E-state index is 14.1. The van der Waals surface area contributed by atoms with E-state index in [0.717, 1.165) is 32.3 Å². The molecule has 0 aromatic heterocycles. The molecule has 1 N–H and O–H groups in total. The number of piperazine rings is 1. The smallest absolute Gasteiger partial charge is 0.400 e. The molecule has 9 nitrogen and oxygen atoms in total. The van der Waals surface area contributed by atoms with Crippen molar-refractivity contribution in [3.63, 3.8) is 0 Å². The predicted molar refractivity (Wildman–Crippen MR) is 133 cm³/mol. The fourth-order valence-corrected chi connectivity index (χ4v) is 4.50. The molecule has 1 atom stereocenters. The number of carbonyl (C=O) groups excluding carboxylic acids is 1. The van der Waals surface area contributed by atoms with Crippen LogP contribution in [0.3, 0.4) is 0 Å². The molecule has 4 rings (SSSR count). The summed E-state index contributed by atoms with van der Waals surface area (Å²) in [6.45, 7) is 4.77. The van der Waals surface area contributed by atoms with Gasteiger partial charge in [0.05, 0.1) is 0 Å². The quantitative estimate of drug-likeness (QED) is 0.292. The summed E-state index contributed by atoms with van der Waals surface area (Å²) < 4.78 is 52.4. The largest absolute Gasteiger partial charge is 0.432 e. The first-order chi connectivity index (χ1) is 17.2. The molecule has 0 saturated carbocycles. The Morgan fingerprint density at radius 2 is 1.67 bits per heavy atom. The number of hydrazine groups is 2. The van der Waals surface area contributed by atoms with Crippen LogP contribution in [0, 0.1) is 6.92 Å². The van der Waals surface area contributed by atoms with Crippen molar-refractivity contribution in [1.82, 2.24) is 15.7 Å². The molecule has 1 unspecified atom stereocenters. The summed E-state index contributed by atoms with van der Waals surface area (Å²) in [5, 5.41) is 11.1.